The molecule has 1 aromatic rings. The highest BCUT2D eigenvalue weighted by atomic mass is 32.2. The van der Waals surface area contributed by atoms with E-state index in [-0.39, 0.29) is 0 Å². The summed E-state index contributed by atoms with van der Waals surface area (Å²) >= 11 is 1.55. The number of H-pyrrole nitrogens is 1. The number of hydrogen-bond acceptors (Lipinski definition) is 4. The summed E-state index contributed by atoms with van der Waals surface area (Å²) in [6.45, 7) is 5.47. The maximum atomic E-state index is 9.44. The van der Waals surface area contributed by atoms with Crippen LogP contribution >= 0.6 is 11.8 Å². The van der Waals surface area contributed by atoms with Gasteiger partial charge >= 0.3 is 0 Å². The van der Waals surface area contributed by atoms with Gasteiger partial charge in [0.2, 0.25) is 5.16 Å². The zero-order valence-corrected chi connectivity index (χ0v) is 8.98. The van der Waals surface area contributed by atoms with Gasteiger partial charge in [-0.3, -0.25) is 5.10 Å². The lowest BCUT2D eigenvalue weighted by Crippen LogP contribution is -2.19. The topological polar surface area (TPSA) is 61.8 Å². The number of nitrogens with one attached hydrogen (secondary N) is 1. The van der Waals surface area contributed by atoms with Crippen molar-refractivity contribution in [2.75, 3.05) is 5.75 Å². The smallest absolute Gasteiger partial charge is 0.208 e. The third-order valence-electron chi connectivity index (χ3n) is 1.52. The van der Waals surface area contributed by atoms with Crippen LogP contribution in [0.3, 0.4) is 0 Å². The van der Waals surface area contributed by atoms with Gasteiger partial charge in [-0.05, 0) is 27.2 Å². The van der Waals surface area contributed by atoms with Crippen LogP contribution < -0.4 is 0 Å². The number of thioether (sulfide) groups is 1. The van der Waals surface area contributed by atoms with Gasteiger partial charge < -0.3 is 5.11 Å². The van der Waals surface area contributed by atoms with Crippen LogP contribution in [0.25, 0.3) is 0 Å². The molecule has 74 valence electrons. The van der Waals surface area contributed by atoms with Crippen LogP contribution in [0.4, 0.5) is 0 Å². The third-order valence-corrected chi connectivity index (χ3v) is 2.37. The Bertz CT molecular complexity index is 267. The number of aromatic nitrogens is 3. The van der Waals surface area contributed by atoms with E-state index in [1.165, 1.54) is 0 Å². The fourth-order valence-corrected chi connectivity index (χ4v) is 1.87. The number of hydrogen-bond donors (Lipinski definition) is 2. The van der Waals surface area contributed by atoms with Crippen LogP contribution in [-0.4, -0.2) is 31.6 Å². The van der Waals surface area contributed by atoms with Crippen molar-refractivity contribution in [3.8, 4) is 0 Å². The number of nitrogens with zero attached hydrogens (tertiary/aromatic N) is 2. The molecule has 13 heavy (non-hydrogen) atoms. The molecule has 0 aromatic carbocycles. The third kappa shape index (κ3) is 4.28. The lowest BCUT2D eigenvalue weighted by Gasteiger charge is -2.15. The first-order valence-corrected chi connectivity index (χ1v) is 5.20. The normalized spacial score (nSPS) is 12.0. The van der Waals surface area contributed by atoms with E-state index in [1.54, 1.807) is 25.6 Å². The van der Waals surface area contributed by atoms with Gasteiger partial charge in [0.15, 0.2) is 0 Å². The van der Waals surface area contributed by atoms with Crippen molar-refractivity contribution in [2.24, 2.45) is 0 Å². The predicted molar refractivity (Wildman–Crippen MR) is 52.8 cm³/mol. The first-order valence-electron chi connectivity index (χ1n) is 4.21. The average molecular weight is 201 g/mol. The van der Waals surface area contributed by atoms with Crippen LogP contribution in [0.2, 0.25) is 0 Å². The number of aliphatic hydroxyl groups is 1. The molecule has 0 saturated heterocycles. The van der Waals surface area contributed by atoms with E-state index < -0.39 is 5.60 Å². The summed E-state index contributed by atoms with van der Waals surface area (Å²) < 4.78 is 0. The number of aryl methyl sites for hydroxylation is 1. The van der Waals surface area contributed by atoms with Crippen molar-refractivity contribution in [1.82, 2.24) is 15.2 Å². The van der Waals surface area contributed by atoms with Crippen molar-refractivity contribution in [2.45, 2.75) is 37.9 Å². The first-order chi connectivity index (χ1) is 5.97. The van der Waals surface area contributed by atoms with Crippen LogP contribution in [0.5, 0.6) is 0 Å². The van der Waals surface area contributed by atoms with E-state index in [4.69, 9.17) is 0 Å². The SMILES string of the molecule is Cc1nc(SCCC(C)(C)O)n[nH]1. The van der Waals surface area contributed by atoms with Gasteiger partial charge in [0.05, 0.1) is 5.60 Å². The largest absolute Gasteiger partial charge is 0.390 e. The Kier molecular flexibility index (Phi) is 3.33. The minimum absolute atomic E-state index is 0.599. The van der Waals surface area contributed by atoms with Crippen molar-refractivity contribution in [1.29, 1.82) is 0 Å². The molecule has 2 N–H and O–H groups in total. The van der Waals surface area contributed by atoms with Gasteiger partial charge in [0.25, 0.3) is 0 Å². The maximum absolute atomic E-state index is 9.44. The van der Waals surface area contributed by atoms with Gasteiger partial charge in [-0.25, -0.2) is 4.98 Å². The second kappa shape index (κ2) is 4.11. The Balaban J connectivity index is 2.28. The average Bonchev–Trinajstić information content (AvgIpc) is 2.33. The van der Waals surface area contributed by atoms with Gasteiger partial charge in [-0.1, -0.05) is 11.8 Å². The molecule has 0 bridgehead atoms. The molecule has 4 nitrogen and oxygen atoms in total. The van der Waals surface area contributed by atoms with Crippen molar-refractivity contribution in [3.05, 3.63) is 5.82 Å². The standard InChI is InChI=1S/C8H15N3OS/c1-6-9-7(11-10-6)13-5-4-8(2,3)12/h12H,4-5H2,1-3H3,(H,9,10,11). The molecule has 0 aliphatic rings. The quantitative estimate of drug-likeness (QED) is 0.722. The Morgan fingerprint density at radius 2 is 2.23 bits per heavy atom. The summed E-state index contributed by atoms with van der Waals surface area (Å²) in [5.41, 5.74) is -0.599. The Morgan fingerprint density at radius 1 is 1.54 bits per heavy atom. The van der Waals surface area contributed by atoms with Gasteiger partial charge in [0.1, 0.15) is 5.82 Å². The molecule has 0 atom stereocenters. The molecule has 1 aromatic heterocycles. The van der Waals surface area contributed by atoms with E-state index in [1.807, 2.05) is 6.92 Å². The molecule has 1 rings (SSSR count). The van der Waals surface area contributed by atoms with E-state index in [2.05, 4.69) is 15.2 Å². The van der Waals surface area contributed by atoms with Gasteiger partial charge in [-0.15, -0.1) is 5.10 Å². The highest BCUT2D eigenvalue weighted by molar-refractivity contribution is 7.99. The molecule has 0 radical (unpaired) electrons. The summed E-state index contributed by atoms with van der Waals surface area (Å²) in [5, 5.41) is 16.9. The second-order valence-corrected chi connectivity index (χ2v) is 4.68. The lowest BCUT2D eigenvalue weighted by atomic mass is 10.1. The van der Waals surface area contributed by atoms with Crippen molar-refractivity contribution < 1.29 is 5.11 Å². The fraction of sp³-hybridized carbons (Fsp3) is 0.750. The molecule has 0 aliphatic carbocycles. The van der Waals surface area contributed by atoms with E-state index in [9.17, 15) is 5.11 Å². The van der Waals surface area contributed by atoms with E-state index in [0.29, 0.717) is 0 Å². The predicted octanol–water partition coefficient (Wildman–Crippen LogP) is 1.37. The summed E-state index contributed by atoms with van der Waals surface area (Å²) in [6, 6.07) is 0. The maximum Gasteiger partial charge on any atom is 0.208 e. The Hall–Kier alpha value is -0.550. The molecule has 0 fully saturated rings. The molecular weight excluding hydrogens is 186 g/mol. The van der Waals surface area contributed by atoms with Crippen LogP contribution in [0, 0.1) is 6.92 Å². The lowest BCUT2D eigenvalue weighted by molar-refractivity contribution is 0.0777. The Morgan fingerprint density at radius 3 is 2.69 bits per heavy atom. The van der Waals surface area contributed by atoms with E-state index in [0.717, 1.165) is 23.2 Å². The number of rotatable bonds is 4. The molecule has 0 spiro atoms. The molecule has 0 amide bonds. The molecule has 1 heterocycles. The fourth-order valence-electron chi connectivity index (χ4n) is 0.779. The van der Waals surface area contributed by atoms with Crippen LogP contribution in [0.15, 0.2) is 5.16 Å². The Labute approximate surface area is 82.2 Å². The van der Waals surface area contributed by atoms with Crippen molar-refractivity contribution >= 4 is 11.8 Å². The highest BCUT2D eigenvalue weighted by Gasteiger charge is 2.12. The van der Waals surface area contributed by atoms with Crippen LogP contribution in [0.1, 0.15) is 26.1 Å². The minimum Gasteiger partial charge on any atom is -0.390 e. The van der Waals surface area contributed by atoms with Crippen molar-refractivity contribution in [3.63, 3.8) is 0 Å². The van der Waals surface area contributed by atoms with Gasteiger partial charge in [-0.2, -0.15) is 0 Å². The first kappa shape index (κ1) is 10.5. The summed E-state index contributed by atoms with van der Waals surface area (Å²) in [6.07, 6.45) is 0.741. The molecule has 0 unspecified atom stereocenters. The highest BCUT2D eigenvalue weighted by Crippen LogP contribution is 2.17. The summed E-state index contributed by atoms with van der Waals surface area (Å²) in [7, 11) is 0. The molecular formula is C8H15N3OS. The summed E-state index contributed by atoms with van der Waals surface area (Å²) in [5.74, 6) is 1.66. The van der Waals surface area contributed by atoms with E-state index >= 15 is 0 Å². The molecule has 5 heteroatoms. The second-order valence-electron chi connectivity index (χ2n) is 3.61. The minimum atomic E-state index is -0.599. The van der Waals surface area contributed by atoms with Crippen LogP contribution in [-0.2, 0) is 0 Å². The monoisotopic (exact) mass is 201 g/mol. The zero-order valence-electron chi connectivity index (χ0n) is 8.16. The number of aromatic amines is 1. The van der Waals surface area contributed by atoms with Gasteiger partial charge in [0, 0.05) is 5.75 Å². The summed E-state index contributed by atoms with van der Waals surface area (Å²) in [4.78, 5) is 4.14. The molecule has 0 aliphatic heterocycles. The zero-order chi connectivity index (χ0) is 9.90. The molecule has 0 saturated carbocycles.